The molecular weight excluding hydrogens is 313 g/mol. The zero-order chi connectivity index (χ0) is 16.1. The van der Waals surface area contributed by atoms with E-state index in [1.54, 1.807) is 31.0 Å². The van der Waals surface area contributed by atoms with E-state index in [1.165, 1.54) is 12.1 Å². The predicted octanol–water partition coefficient (Wildman–Crippen LogP) is 3.43. The van der Waals surface area contributed by atoms with Crippen molar-refractivity contribution < 1.29 is 9.13 Å². The topological polar surface area (TPSA) is 46.0 Å². The number of thioether (sulfide) groups is 1. The molecule has 0 unspecified atom stereocenters. The predicted molar refractivity (Wildman–Crippen MR) is 92.7 cm³/mol. The molecule has 0 radical (unpaired) electrons. The number of rotatable bonds is 4. The van der Waals surface area contributed by atoms with E-state index in [0.29, 0.717) is 6.54 Å². The van der Waals surface area contributed by atoms with Gasteiger partial charge >= 0.3 is 0 Å². The van der Waals surface area contributed by atoms with Crippen molar-refractivity contribution in [2.75, 3.05) is 12.9 Å². The lowest BCUT2D eigenvalue weighted by Crippen LogP contribution is -2.25. The van der Waals surface area contributed by atoms with Crippen LogP contribution < -0.4 is 10.2 Å². The van der Waals surface area contributed by atoms with Crippen LogP contribution in [-0.2, 0) is 6.54 Å². The van der Waals surface area contributed by atoms with Gasteiger partial charge < -0.3 is 4.74 Å². The maximum atomic E-state index is 12.9. The van der Waals surface area contributed by atoms with E-state index in [4.69, 9.17) is 4.74 Å². The fraction of sp³-hybridized carbons (Fsp3) is 0.176. The maximum Gasteiger partial charge on any atom is 0.177 e. The van der Waals surface area contributed by atoms with Gasteiger partial charge in [0.2, 0.25) is 0 Å². The lowest BCUT2D eigenvalue weighted by Gasteiger charge is -2.15. The molecular formula is C17H16FN3OS. The van der Waals surface area contributed by atoms with E-state index in [9.17, 15) is 4.39 Å². The minimum absolute atomic E-state index is 0.237. The normalized spacial score (nSPS) is 15.9. The number of methoxy groups -OCH3 is 1. The van der Waals surface area contributed by atoms with Gasteiger partial charge in [-0.05, 0) is 29.8 Å². The van der Waals surface area contributed by atoms with Crippen molar-refractivity contribution in [3.05, 3.63) is 65.5 Å². The average Bonchev–Trinajstić information content (AvgIpc) is 2.62. The largest absolute Gasteiger partial charge is 0.497 e. The first-order chi connectivity index (χ1) is 11.2. The lowest BCUT2D eigenvalue weighted by molar-refractivity contribution is 0.414. The second-order valence-electron chi connectivity index (χ2n) is 4.94. The van der Waals surface area contributed by atoms with Crippen molar-refractivity contribution in [1.82, 2.24) is 5.43 Å². The summed E-state index contributed by atoms with van der Waals surface area (Å²) in [6.07, 6.45) is 0. The number of amidine groups is 1. The molecule has 4 nitrogen and oxygen atoms in total. The minimum atomic E-state index is -0.237. The quantitative estimate of drug-likeness (QED) is 0.935. The number of ether oxygens (including phenoxy) is 1. The molecule has 0 fully saturated rings. The molecule has 23 heavy (non-hydrogen) atoms. The third kappa shape index (κ3) is 4.10. The van der Waals surface area contributed by atoms with Crippen molar-refractivity contribution in [3.8, 4) is 5.75 Å². The standard InChI is InChI=1S/C17H16FN3OS/c1-22-15-4-2-3-13(9-15)16-11-23-17(21-20-16)19-10-12-5-7-14(18)8-6-12/h2-9H,10-11H2,1H3,(H,19,21). The molecule has 1 aliphatic heterocycles. The number of benzene rings is 2. The summed E-state index contributed by atoms with van der Waals surface area (Å²) < 4.78 is 18.1. The van der Waals surface area contributed by atoms with Crippen LogP contribution in [0.4, 0.5) is 4.39 Å². The van der Waals surface area contributed by atoms with Crippen LogP contribution in [0.1, 0.15) is 11.1 Å². The Morgan fingerprint density at radius 3 is 2.78 bits per heavy atom. The second kappa shape index (κ2) is 7.28. The first-order valence-corrected chi connectivity index (χ1v) is 8.12. The van der Waals surface area contributed by atoms with Crippen LogP contribution in [0.15, 0.2) is 58.6 Å². The van der Waals surface area contributed by atoms with Crippen LogP contribution in [0.3, 0.4) is 0 Å². The molecule has 0 aliphatic carbocycles. The average molecular weight is 329 g/mol. The summed E-state index contributed by atoms with van der Waals surface area (Å²) in [5, 5.41) is 5.15. The Morgan fingerprint density at radius 1 is 1.26 bits per heavy atom. The number of nitrogens with one attached hydrogen (secondary N) is 1. The maximum absolute atomic E-state index is 12.9. The smallest absolute Gasteiger partial charge is 0.177 e. The van der Waals surface area contributed by atoms with Gasteiger partial charge in [0.25, 0.3) is 0 Å². The fourth-order valence-electron chi connectivity index (χ4n) is 2.10. The van der Waals surface area contributed by atoms with Crippen molar-refractivity contribution >= 4 is 22.6 Å². The Morgan fingerprint density at radius 2 is 2.09 bits per heavy atom. The summed E-state index contributed by atoms with van der Waals surface area (Å²) >= 11 is 1.60. The molecule has 2 aromatic carbocycles. The number of aliphatic imine (C=N–C) groups is 1. The summed E-state index contributed by atoms with van der Waals surface area (Å²) in [5.74, 6) is 1.31. The molecule has 0 saturated heterocycles. The Balaban J connectivity index is 1.65. The summed E-state index contributed by atoms with van der Waals surface area (Å²) in [5.41, 5.74) is 5.92. The van der Waals surface area contributed by atoms with Crippen LogP contribution in [0.5, 0.6) is 5.75 Å². The van der Waals surface area contributed by atoms with Crippen LogP contribution >= 0.6 is 11.8 Å². The van der Waals surface area contributed by atoms with Gasteiger partial charge in [-0.15, -0.1) is 0 Å². The van der Waals surface area contributed by atoms with Gasteiger partial charge in [-0.1, -0.05) is 36.0 Å². The molecule has 118 valence electrons. The Labute approximate surface area is 138 Å². The highest BCUT2D eigenvalue weighted by molar-refractivity contribution is 8.14. The molecule has 0 spiro atoms. The fourth-order valence-corrected chi connectivity index (χ4v) is 2.87. The molecule has 1 heterocycles. The Bertz CT molecular complexity index is 744. The van der Waals surface area contributed by atoms with Gasteiger partial charge in [0.05, 0.1) is 19.4 Å². The molecule has 2 aromatic rings. The second-order valence-corrected chi connectivity index (χ2v) is 5.90. The Hall–Kier alpha value is -2.34. The first kappa shape index (κ1) is 15.6. The van der Waals surface area contributed by atoms with E-state index in [1.807, 2.05) is 24.3 Å². The SMILES string of the molecule is COc1cccc(C2=NNC(=NCc3ccc(F)cc3)SC2)c1. The Kier molecular flexibility index (Phi) is 4.92. The molecule has 0 saturated carbocycles. The summed E-state index contributed by atoms with van der Waals surface area (Å²) in [4.78, 5) is 4.46. The van der Waals surface area contributed by atoms with Gasteiger partial charge in [-0.3, -0.25) is 10.4 Å². The van der Waals surface area contributed by atoms with Crippen LogP contribution in [0.25, 0.3) is 0 Å². The number of hydrogen-bond donors (Lipinski definition) is 1. The molecule has 1 aliphatic rings. The molecule has 0 aromatic heterocycles. The van der Waals surface area contributed by atoms with Crippen LogP contribution in [0.2, 0.25) is 0 Å². The molecule has 6 heteroatoms. The summed E-state index contributed by atoms with van der Waals surface area (Å²) in [6, 6.07) is 14.2. The van der Waals surface area contributed by atoms with Crippen molar-refractivity contribution in [1.29, 1.82) is 0 Å². The van der Waals surface area contributed by atoms with Gasteiger partial charge in [0.15, 0.2) is 5.17 Å². The van der Waals surface area contributed by atoms with Gasteiger partial charge in [0, 0.05) is 11.3 Å². The highest BCUT2D eigenvalue weighted by Gasteiger charge is 2.13. The summed E-state index contributed by atoms with van der Waals surface area (Å²) in [6.45, 7) is 0.500. The molecule has 0 amide bonds. The monoisotopic (exact) mass is 329 g/mol. The zero-order valence-electron chi connectivity index (χ0n) is 12.6. The molecule has 0 bridgehead atoms. The van der Waals surface area contributed by atoms with E-state index in [2.05, 4.69) is 15.5 Å². The van der Waals surface area contributed by atoms with Gasteiger partial charge in [0.1, 0.15) is 11.6 Å². The first-order valence-electron chi connectivity index (χ1n) is 7.13. The molecule has 1 N–H and O–H groups in total. The van der Waals surface area contributed by atoms with E-state index in [-0.39, 0.29) is 5.82 Å². The molecule has 3 rings (SSSR count). The van der Waals surface area contributed by atoms with E-state index in [0.717, 1.165) is 33.5 Å². The third-order valence-electron chi connectivity index (χ3n) is 3.35. The highest BCUT2D eigenvalue weighted by Crippen LogP contribution is 2.18. The van der Waals surface area contributed by atoms with Crippen molar-refractivity contribution in [3.63, 3.8) is 0 Å². The van der Waals surface area contributed by atoms with Crippen molar-refractivity contribution in [2.24, 2.45) is 10.1 Å². The zero-order valence-corrected chi connectivity index (χ0v) is 13.4. The minimum Gasteiger partial charge on any atom is -0.497 e. The van der Waals surface area contributed by atoms with Gasteiger partial charge in [-0.25, -0.2) is 4.39 Å². The lowest BCUT2D eigenvalue weighted by atomic mass is 10.1. The highest BCUT2D eigenvalue weighted by atomic mass is 32.2. The van der Waals surface area contributed by atoms with Crippen LogP contribution in [-0.4, -0.2) is 23.7 Å². The van der Waals surface area contributed by atoms with E-state index >= 15 is 0 Å². The number of nitrogens with zero attached hydrogens (tertiary/aromatic N) is 2. The third-order valence-corrected chi connectivity index (χ3v) is 4.27. The van der Waals surface area contributed by atoms with Crippen molar-refractivity contribution in [2.45, 2.75) is 6.54 Å². The van der Waals surface area contributed by atoms with Crippen LogP contribution in [0, 0.1) is 5.82 Å². The number of hydrazone groups is 1. The number of hydrogen-bond acceptors (Lipinski definition) is 4. The van der Waals surface area contributed by atoms with E-state index < -0.39 is 0 Å². The number of halogens is 1. The van der Waals surface area contributed by atoms with Gasteiger partial charge in [-0.2, -0.15) is 5.10 Å². The summed E-state index contributed by atoms with van der Waals surface area (Å²) in [7, 11) is 1.65. The molecule has 0 atom stereocenters.